The highest BCUT2D eigenvalue weighted by molar-refractivity contribution is 7.12. The number of terminal acetylenes is 1. The third kappa shape index (κ3) is 4.94. The molecule has 1 unspecified atom stereocenters. The van der Waals surface area contributed by atoms with Crippen LogP contribution in [0.2, 0.25) is 5.02 Å². The molecular weight excluding hydrogens is 466 g/mol. The molecule has 0 radical (unpaired) electrons. The molecule has 0 aliphatic heterocycles. The second-order valence-electron chi connectivity index (χ2n) is 7.63. The highest BCUT2D eigenvalue weighted by Crippen LogP contribution is 2.43. The molecule has 2 N–H and O–H groups in total. The molecule has 0 bridgehead atoms. The Labute approximate surface area is 204 Å². The molecule has 3 aromatic rings. The second-order valence-corrected chi connectivity index (χ2v) is 9.24. The topological polar surface area (TPSA) is 48.1 Å². The van der Waals surface area contributed by atoms with Crippen LogP contribution >= 0.6 is 35.3 Å². The zero-order valence-corrected chi connectivity index (χ0v) is 20.9. The van der Waals surface area contributed by atoms with Gasteiger partial charge in [-0.15, -0.1) is 30.2 Å². The molecular formula is C25H27Cl2FN2OS. The molecule has 2 atom stereocenters. The van der Waals surface area contributed by atoms with Crippen LogP contribution in [0.25, 0.3) is 11.3 Å². The van der Waals surface area contributed by atoms with Gasteiger partial charge in [-0.2, -0.15) is 0 Å². The summed E-state index contributed by atoms with van der Waals surface area (Å²) < 4.78 is 18.9. The van der Waals surface area contributed by atoms with Crippen molar-refractivity contribution in [2.45, 2.75) is 45.1 Å². The van der Waals surface area contributed by atoms with Crippen LogP contribution in [0.4, 0.5) is 4.39 Å². The number of hydrogen-bond acceptors (Lipinski definition) is 4. The van der Waals surface area contributed by atoms with Gasteiger partial charge >= 0.3 is 0 Å². The lowest BCUT2D eigenvalue weighted by Crippen LogP contribution is -2.41. The standard InChI is InChI=1S/C25H26ClFN2OS.ClH/c1-6-8-20(17-9-11-18(27)12-10-17)25(28,7-2)24-29-23(16(4)31-24)19-13-15(3)22(30-5)14-21(19)26;/h2,9-14,20H,6,8,28H2,1,3-5H3;1H/t20-,25?;/m0./s1. The van der Waals surface area contributed by atoms with Crippen LogP contribution < -0.4 is 10.5 Å². The highest BCUT2D eigenvalue weighted by Gasteiger charge is 2.39. The number of thiazole rings is 1. The van der Waals surface area contributed by atoms with E-state index in [0.29, 0.717) is 10.0 Å². The number of nitrogens with zero attached hydrogens (tertiary/aromatic N) is 1. The van der Waals surface area contributed by atoms with Crippen molar-refractivity contribution in [1.29, 1.82) is 0 Å². The number of methoxy groups -OCH3 is 1. The fourth-order valence-electron chi connectivity index (χ4n) is 3.84. The smallest absolute Gasteiger partial charge is 0.136 e. The Morgan fingerprint density at radius 3 is 2.50 bits per heavy atom. The van der Waals surface area contributed by atoms with Crippen molar-refractivity contribution in [1.82, 2.24) is 4.98 Å². The molecule has 32 heavy (non-hydrogen) atoms. The van der Waals surface area contributed by atoms with Crippen molar-refractivity contribution in [3.63, 3.8) is 0 Å². The third-order valence-corrected chi connectivity index (χ3v) is 6.96. The zero-order valence-electron chi connectivity index (χ0n) is 18.5. The molecule has 3 rings (SSSR count). The number of benzene rings is 2. The first-order valence-corrected chi connectivity index (χ1v) is 11.3. The van der Waals surface area contributed by atoms with Gasteiger partial charge in [-0.05, 0) is 55.7 Å². The summed E-state index contributed by atoms with van der Waals surface area (Å²) in [7, 11) is 1.61. The lowest BCUT2D eigenvalue weighted by Gasteiger charge is -2.32. The number of aryl methyl sites for hydroxylation is 2. The number of nitrogens with two attached hydrogens (primary N) is 1. The average Bonchev–Trinajstić information content (AvgIpc) is 3.15. The fourth-order valence-corrected chi connectivity index (χ4v) is 5.13. The predicted molar refractivity (Wildman–Crippen MR) is 135 cm³/mol. The quantitative estimate of drug-likeness (QED) is 0.360. The molecule has 1 aromatic heterocycles. The summed E-state index contributed by atoms with van der Waals surface area (Å²) in [5.41, 5.74) is 9.16. The van der Waals surface area contributed by atoms with Crippen LogP contribution in [0.15, 0.2) is 36.4 Å². The van der Waals surface area contributed by atoms with Crippen molar-refractivity contribution in [3.05, 3.63) is 68.2 Å². The second kappa shape index (κ2) is 10.7. The van der Waals surface area contributed by atoms with Gasteiger partial charge < -0.3 is 10.5 Å². The first kappa shape index (κ1) is 26.2. The number of aromatic nitrogens is 1. The molecule has 0 saturated heterocycles. The fraction of sp³-hybridized carbons (Fsp3) is 0.320. The van der Waals surface area contributed by atoms with E-state index in [1.54, 1.807) is 25.3 Å². The molecule has 0 aliphatic carbocycles. The number of ether oxygens (including phenoxy) is 1. The van der Waals surface area contributed by atoms with E-state index in [-0.39, 0.29) is 24.1 Å². The summed E-state index contributed by atoms with van der Waals surface area (Å²) >= 11 is 8.02. The maximum absolute atomic E-state index is 13.5. The van der Waals surface area contributed by atoms with Gasteiger partial charge in [0.1, 0.15) is 22.1 Å². The van der Waals surface area contributed by atoms with Gasteiger partial charge in [0.25, 0.3) is 0 Å². The average molecular weight is 493 g/mol. The SMILES string of the molecule is C#CC(N)(c1nc(-c2cc(C)c(OC)cc2Cl)c(C)s1)[C@@H](CCC)c1ccc(F)cc1.Cl. The van der Waals surface area contributed by atoms with Crippen molar-refractivity contribution < 1.29 is 9.13 Å². The minimum absolute atomic E-state index is 0. The normalized spacial score (nSPS) is 13.6. The van der Waals surface area contributed by atoms with Gasteiger partial charge in [-0.3, -0.25) is 0 Å². The highest BCUT2D eigenvalue weighted by atomic mass is 35.5. The maximum atomic E-state index is 13.5. The van der Waals surface area contributed by atoms with Crippen LogP contribution in [0, 0.1) is 32.0 Å². The van der Waals surface area contributed by atoms with E-state index in [0.717, 1.165) is 45.9 Å². The van der Waals surface area contributed by atoms with E-state index in [4.69, 9.17) is 33.5 Å². The molecule has 2 aromatic carbocycles. The first-order chi connectivity index (χ1) is 14.7. The molecule has 0 saturated carbocycles. The molecule has 0 spiro atoms. The van der Waals surface area contributed by atoms with E-state index in [1.165, 1.54) is 23.5 Å². The van der Waals surface area contributed by atoms with E-state index < -0.39 is 5.54 Å². The summed E-state index contributed by atoms with van der Waals surface area (Å²) in [6.45, 7) is 6.02. The molecule has 0 fully saturated rings. The van der Waals surface area contributed by atoms with Crippen molar-refractivity contribution in [2.75, 3.05) is 7.11 Å². The van der Waals surface area contributed by atoms with Crippen LogP contribution in [-0.2, 0) is 5.54 Å². The van der Waals surface area contributed by atoms with Crippen LogP contribution in [-0.4, -0.2) is 12.1 Å². The molecule has 0 aliphatic rings. The van der Waals surface area contributed by atoms with Crippen LogP contribution in [0.5, 0.6) is 5.75 Å². The Hall–Kier alpha value is -2.10. The maximum Gasteiger partial charge on any atom is 0.136 e. The number of rotatable bonds is 7. The predicted octanol–water partition coefficient (Wildman–Crippen LogP) is 7.02. The van der Waals surface area contributed by atoms with Gasteiger partial charge in [-0.25, -0.2) is 9.37 Å². The summed E-state index contributed by atoms with van der Waals surface area (Å²) in [6.07, 6.45) is 7.63. The summed E-state index contributed by atoms with van der Waals surface area (Å²) in [5, 5.41) is 1.20. The summed E-state index contributed by atoms with van der Waals surface area (Å²) in [4.78, 5) is 5.85. The lowest BCUT2D eigenvalue weighted by atomic mass is 9.78. The van der Waals surface area contributed by atoms with Crippen molar-refractivity contribution in [3.8, 4) is 29.4 Å². The van der Waals surface area contributed by atoms with Gasteiger partial charge in [0.2, 0.25) is 0 Å². The number of hydrogen-bond donors (Lipinski definition) is 1. The Morgan fingerprint density at radius 2 is 1.94 bits per heavy atom. The Morgan fingerprint density at radius 1 is 1.28 bits per heavy atom. The number of halogens is 3. The largest absolute Gasteiger partial charge is 0.496 e. The summed E-state index contributed by atoms with van der Waals surface area (Å²) in [6, 6.07) is 10.1. The molecule has 3 nitrogen and oxygen atoms in total. The van der Waals surface area contributed by atoms with E-state index in [9.17, 15) is 4.39 Å². The summed E-state index contributed by atoms with van der Waals surface area (Å²) in [5.74, 6) is 3.04. The van der Waals surface area contributed by atoms with Gasteiger partial charge in [0.15, 0.2) is 0 Å². The Bertz CT molecular complexity index is 1120. The minimum Gasteiger partial charge on any atom is -0.496 e. The molecule has 0 amide bonds. The molecule has 1 heterocycles. The minimum atomic E-state index is -1.13. The van der Waals surface area contributed by atoms with Gasteiger partial charge in [-0.1, -0.05) is 43.0 Å². The van der Waals surface area contributed by atoms with Gasteiger partial charge in [0.05, 0.1) is 17.8 Å². The Kier molecular flexibility index (Phi) is 8.73. The van der Waals surface area contributed by atoms with Crippen LogP contribution in [0.3, 0.4) is 0 Å². The first-order valence-electron chi connectivity index (χ1n) is 10.1. The molecule has 170 valence electrons. The van der Waals surface area contributed by atoms with E-state index in [1.807, 2.05) is 19.9 Å². The Balaban J connectivity index is 0.00000363. The lowest BCUT2D eigenvalue weighted by molar-refractivity contribution is 0.412. The van der Waals surface area contributed by atoms with Gasteiger partial charge in [0, 0.05) is 16.4 Å². The van der Waals surface area contributed by atoms with Crippen molar-refractivity contribution in [2.24, 2.45) is 5.73 Å². The monoisotopic (exact) mass is 492 g/mol. The third-order valence-electron chi connectivity index (χ3n) is 5.53. The molecule has 7 heteroatoms. The van der Waals surface area contributed by atoms with Crippen LogP contribution in [0.1, 0.15) is 46.7 Å². The van der Waals surface area contributed by atoms with E-state index in [2.05, 4.69) is 12.8 Å². The van der Waals surface area contributed by atoms with E-state index >= 15 is 0 Å². The zero-order chi connectivity index (χ0) is 22.8. The van der Waals surface area contributed by atoms with Crippen molar-refractivity contribution >= 4 is 35.3 Å².